The summed E-state index contributed by atoms with van der Waals surface area (Å²) in [7, 11) is 0. The van der Waals surface area contributed by atoms with Gasteiger partial charge in [0.05, 0.1) is 5.41 Å². The van der Waals surface area contributed by atoms with Gasteiger partial charge in [-0.15, -0.1) is 0 Å². The van der Waals surface area contributed by atoms with Crippen molar-refractivity contribution in [3.63, 3.8) is 0 Å². The second kappa shape index (κ2) is 6.17. The molecule has 130 valence electrons. The number of carbonyl (C=O) groups is 3. The van der Waals surface area contributed by atoms with E-state index in [2.05, 4.69) is 0 Å². The third-order valence-electron chi connectivity index (χ3n) is 5.81. The quantitative estimate of drug-likeness (QED) is 0.771. The van der Waals surface area contributed by atoms with Crippen LogP contribution in [0, 0.1) is 11.3 Å². The van der Waals surface area contributed by atoms with Crippen LogP contribution in [0.25, 0.3) is 0 Å². The number of fused-ring (bicyclic) bond motifs is 2. The fraction of sp³-hybridized carbons (Fsp3) is 0.261. The molecule has 0 unspecified atom stereocenters. The van der Waals surface area contributed by atoms with Crippen molar-refractivity contribution >= 4 is 17.3 Å². The zero-order valence-electron chi connectivity index (χ0n) is 14.7. The molecule has 5 rings (SSSR count). The maximum atomic E-state index is 13.3. The highest BCUT2D eigenvalue weighted by Crippen LogP contribution is 2.52. The van der Waals surface area contributed by atoms with E-state index in [1.807, 2.05) is 31.2 Å². The Balaban J connectivity index is 1.92. The summed E-state index contributed by atoms with van der Waals surface area (Å²) in [6, 6.07) is 18.0. The largest absolute Gasteiger partial charge is 0.299 e. The molecule has 2 aromatic carbocycles. The summed E-state index contributed by atoms with van der Waals surface area (Å²) in [5.41, 5.74) is 1.22. The Morgan fingerprint density at radius 3 is 1.96 bits per heavy atom. The Morgan fingerprint density at radius 2 is 1.42 bits per heavy atom. The molecule has 3 aliphatic carbocycles. The topological polar surface area (TPSA) is 51.2 Å². The molecule has 1 fully saturated rings. The molecule has 2 bridgehead atoms. The molecule has 0 spiro atoms. The first-order valence-electron chi connectivity index (χ1n) is 9.00. The number of ketones is 3. The minimum atomic E-state index is -0.860. The van der Waals surface area contributed by atoms with Gasteiger partial charge in [-0.1, -0.05) is 60.7 Å². The number of carbonyl (C=O) groups excluding carboxylic acids is 3. The van der Waals surface area contributed by atoms with Crippen molar-refractivity contribution < 1.29 is 14.4 Å². The van der Waals surface area contributed by atoms with Gasteiger partial charge in [0.2, 0.25) is 0 Å². The van der Waals surface area contributed by atoms with Gasteiger partial charge in [0.15, 0.2) is 11.6 Å². The van der Waals surface area contributed by atoms with Crippen molar-refractivity contribution in [1.82, 2.24) is 0 Å². The number of hydrogen-bond acceptors (Lipinski definition) is 3. The first-order valence-corrected chi connectivity index (χ1v) is 9.00. The van der Waals surface area contributed by atoms with E-state index in [4.69, 9.17) is 0 Å². The first kappa shape index (κ1) is 16.6. The summed E-state index contributed by atoms with van der Waals surface area (Å²) in [5, 5.41) is 0. The van der Waals surface area contributed by atoms with E-state index in [1.165, 1.54) is 0 Å². The van der Waals surface area contributed by atoms with Crippen molar-refractivity contribution in [2.45, 2.75) is 26.2 Å². The zero-order chi connectivity index (χ0) is 18.3. The Kier molecular flexibility index (Phi) is 3.95. The third-order valence-corrected chi connectivity index (χ3v) is 5.81. The van der Waals surface area contributed by atoms with Crippen molar-refractivity contribution in [2.75, 3.05) is 0 Å². The number of Topliss-reactive ketones (excluding diaryl/α,β-unsaturated/α-hetero) is 3. The van der Waals surface area contributed by atoms with Gasteiger partial charge >= 0.3 is 0 Å². The van der Waals surface area contributed by atoms with Gasteiger partial charge < -0.3 is 0 Å². The van der Waals surface area contributed by atoms with Crippen LogP contribution in [0.15, 0.2) is 71.8 Å². The molecule has 0 aliphatic heterocycles. The lowest BCUT2D eigenvalue weighted by molar-refractivity contribution is -0.130. The lowest BCUT2D eigenvalue weighted by atomic mass is 9.55. The highest BCUT2D eigenvalue weighted by molar-refractivity contribution is 6.22. The second-order valence-electron chi connectivity index (χ2n) is 7.37. The summed E-state index contributed by atoms with van der Waals surface area (Å²) >= 11 is 0. The molecule has 2 aromatic rings. The van der Waals surface area contributed by atoms with E-state index in [0.29, 0.717) is 35.1 Å². The SMILES string of the molecule is C[C@]12CC[C@H](CC1=O)C(C(=O)c1ccccc1)=C2C(=O)c1ccccc1. The number of allylic oxidation sites excluding steroid dienone is 2. The van der Waals surface area contributed by atoms with E-state index < -0.39 is 5.41 Å². The fourth-order valence-corrected chi connectivity index (χ4v) is 4.32. The molecule has 3 heteroatoms. The van der Waals surface area contributed by atoms with Crippen LogP contribution in [0.3, 0.4) is 0 Å². The van der Waals surface area contributed by atoms with Gasteiger partial charge in [0, 0.05) is 28.7 Å². The van der Waals surface area contributed by atoms with Crippen molar-refractivity contribution in [2.24, 2.45) is 11.3 Å². The lowest BCUT2D eigenvalue weighted by Gasteiger charge is -2.45. The monoisotopic (exact) mass is 344 g/mol. The van der Waals surface area contributed by atoms with Crippen molar-refractivity contribution in [3.8, 4) is 0 Å². The maximum Gasteiger partial charge on any atom is 0.190 e. The predicted molar refractivity (Wildman–Crippen MR) is 99.0 cm³/mol. The third kappa shape index (κ3) is 2.47. The van der Waals surface area contributed by atoms with Gasteiger partial charge in [0.25, 0.3) is 0 Å². The summed E-state index contributed by atoms with van der Waals surface area (Å²) in [6.07, 6.45) is 1.77. The normalized spacial score (nSPS) is 24.7. The van der Waals surface area contributed by atoms with E-state index >= 15 is 0 Å². The molecule has 3 nitrogen and oxygen atoms in total. The molecular formula is C23H20O3. The molecule has 3 aliphatic rings. The molecule has 0 aromatic heterocycles. The molecule has 2 atom stereocenters. The highest BCUT2D eigenvalue weighted by Gasteiger charge is 2.52. The molecule has 0 N–H and O–H groups in total. The Morgan fingerprint density at radius 1 is 0.885 bits per heavy atom. The molecule has 1 saturated carbocycles. The van der Waals surface area contributed by atoms with Crippen LogP contribution < -0.4 is 0 Å². The van der Waals surface area contributed by atoms with Crippen LogP contribution in [0.4, 0.5) is 0 Å². The summed E-state index contributed by atoms with van der Waals surface area (Å²) in [6.45, 7) is 1.83. The Hall–Kier alpha value is -2.81. The predicted octanol–water partition coefficient (Wildman–Crippen LogP) is 4.44. The lowest BCUT2D eigenvalue weighted by Crippen LogP contribution is -2.46. The second-order valence-corrected chi connectivity index (χ2v) is 7.37. The zero-order valence-corrected chi connectivity index (χ0v) is 14.7. The van der Waals surface area contributed by atoms with Crippen LogP contribution in [0.1, 0.15) is 46.9 Å². The number of benzene rings is 2. The van der Waals surface area contributed by atoms with E-state index in [1.54, 1.807) is 36.4 Å². The molecule has 0 amide bonds. The average Bonchev–Trinajstić information content (AvgIpc) is 2.68. The van der Waals surface area contributed by atoms with Crippen molar-refractivity contribution in [3.05, 3.63) is 82.9 Å². The molecule has 0 saturated heterocycles. The summed E-state index contributed by atoms with van der Waals surface area (Å²) in [5.74, 6) is -0.379. The minimum absolute atomic E-state index is 0.0812. The van der Waals surface area contributed by atoms with E-state index in [-0.39, 0.29) is 23.3 Å². The standard InChI is InChI=1S/C23H20O3/c1-23-13-12-17(14-18(23)24)19(21(25)15-8-4-2-5-9-15)20(23)22(26)16-10-6-3-7-11-16/h2-11,17H,12-14H2,1H3/t17-,23+/m1/s1. The van der Waals surface area contributed by atoms with Gasteiger partial charge in [0.1, 0.15) is 5.78 Å². The molecule has 26 heavy (non-hydrogen) atoms. The van der Waals surface area contributed by atoms with Gasteiger partial charge in [-0.05, 0) is 25.7 Å². The Labute approximate surface area is 152 Å². The van der Waals surface area contributed by atoms with Crippen LogP contribution >= 0.6 is 0 Å². The smallest absolute Gasteiger partial charge is 0.190 e. The number of hydrogen-bond donors (Lipinski definition) is 0. The maximum absolute atomic E-state index is 13.3. The van der Waals surface area contributed by atoms with Gasteiger partial charge in [-0.25, -0.2) is 0 Å². The van der Waals surface area contributed by atoms with Gasteiger partial charge in [-0.2, -0.15) is 0 Å². The van der Waals surface area contributed by atoms with Crippen LogP contribution in [0.2, 0.25) is 0 Å². The van der Waals surface area contributed by atoms with Crippen LogP contribution in [0.5, 0.6) is 0 Å². The van der Waals surface area contributed by atoms with Crippen LogP contribution in [-0.2, 0) is 4.79 Å². The molecule has 0 heterocycles. The number of rotatable bonds is 4. The minimum Gasteiger partial charge on any atom is -0.299 e. The molecule has 0 radical (unpaired) electrons. The fourth-order valence-electron chi connectivity index (χ4n) is 4.32. The average molecular weight is 344 g/mol. The van der Waals surface area contributed by atoms with Crippen molar-refractivity contribution in [1.29, 1.82) is 0 Å². The van der Waals surface area contributed by atoms with Crippen LogP contribution in [-0.4, -0.2) is 17.3 Å². The highest BCUT2D eigenvalue weighted by atomic mass is 16.1. The first-order chi connectivity index (χ1) is 12.5. The Bertz CT molecular complexity index is 924. The van der Waals surface area contributed by atoms with E-state index in [0.717, 1.165) is 6.42 Å². The van der Waals surface area contributed by atoms with Gasteiger partial charge in [-0.3, -0.25) is 14.4 Å². The summed E-state index contributed by atoms with van der Waals surface area (Å²) in [4.78, 5) is 39.3. The summed E-state index contributed by atoms with van der Waals surface area (Å²) < 4.78 is 0. The van der Waals surface area contributed by atoms with E-state index in [9.17, 15) is 14.4 Å². The molecular weight excluding hydrogens is 324 g/mol.